The minimum atomic E-state index is -0.656. The highest BCUT2D eigenvalue weighted by molar-refractivity contribution is 6.30. The first-order chi connectivity index (χ1) is 17.9. The molecule has 0 aromatic heterocycles. The summed E-state index contributed by atoms with van der Waals surface area (Å²) in [5.41, 5.74) is 2.11. The molecule has 0 aliphatic heterocycles. The highest BCUT2D eigenvalue weighted by atomic mass is 35.5. The number of carbonyl (C=O) groups is 2. The van der Waals surface area contributed by atoms with E-state index in [0.717, 1.165) is 42.7 Å². The summed E-state index contributed by atoms with van der Waals surface area (Å²) in [4.78, 5) is 23.0. The topological polar surface area (TPSA) is 61.8 Å². The van der Waals surface area contributed by atoms with Crippen LogP contribution in [0.3, 0.4) is 0 Å². The van der Waals surface area contributed by atoms with Gasteiger partial charge in [-0.1, -0.05) is 89.6 Å². The number of benzene rings is 2. The summed E-state index contributed by atoms with van der Waals surface area (Å²) in [5.74, 6) is 0.615. The molecule has 2 rings (SSSR count). The Morgan fingerprint density at radius 1 is 0.757 bits per heavy atom. The molecule has 202 valence electrons. The summed E-state index contributed by atoms with van der Waals surface area (Å²) >= 11 is 6.07. The fourth-order valence-corrected chi connectivity index (χ4v) is 3.81. The normalized spacial score (nSPS) is 11.7. The molecule has 0 aliphatic carbocycles. The first kappa shape index (κ1) is 30.4. The van der Waals surface area contributed by atoms with Gasteiger partial charge in [0.2, 0.25) is 0 Å². The van der Waals surface area contributed by atoms with Crippen LogP contribution in [0.4, 0.5) is 0 Å². The van der Waals surface area contributed by atoms with Gasteiger partial charge >= 0.3 is 11.9 Å². The SMILES string of the molecule is C=CC(=O)OCCCCCCCCCCCOc1ccc(-c2ccc(OC(=O)[C@@H](Cl)C(C)C)cc2)cc1. The predicted molar refractivity (Wildman–Crippen MR) is 150 cm³/mol. The monoisotopic (exact) mass is 528 g/mol. The molecule has 37 heavy (non-hydrogen) atoms. The molecule has 0 saturated carbocycles. The maximum Gasteiger partial charge on any atom is 0.330 e. The van der Waals surface area contributed by atoms with E-state index in [1.165, 1.54) is 44.6 Å². The zero-order valence-electron chi connectivity index (χ0n) is 22.3. The zero-order chi connectivity index (χ0) is 26.9. The molecule has 0 bridgehead atoms. The van der Waals surface area contributed by atoms with Crippen LogP contribution in [0.15, 0.2) is 61.2 Å². The molecule has 0 unspecified atom stereocenters. The third-order valence-corrected chi connectivity index (χ3v) is 6.72. The van der Waals surface area contributed by atoms with Crippen molar-refractivity contribution in [3.05, 3.63) is 61.2 Å². The zero-order valence-corrected chi connectivity index (χ0v) is 23.0. The highest BCUT2D eigenvalue weighted by Crippen LogP contribution is 2.25. The summed E-state index contributed by atoms with van der Waals surface area (Å²) in [5, 5.41) is -0.656. The average molecular weight is 529 g/mol. The Kier molecular flexibility index (Phi) is 14.5. The van der Waals surface area contributed by atoms with Crippen molar-refractivity contribution in [2.45, 2.75) is 77.0 Å². The van der Waals surface area contributed by atoms with Crippen molar-refractivity contribution in [2.24, 2.45) is 5.92 Å². The fraction of sp³-hybridized carbons (Fsp3) is 0.484. The average Bonchev–Trinajstić information content (AvgIpc) is 2.91. The van der Waals surface area contributed by atoms with E-state index in [0.29, 0.717) is 12.4 Å². The minimum absolute atomic E-state index is 0.0180. The van der Waals surface area contributed by atoms with E-state index in [4.69, 9.17) is 25.8 Å². The van der Waals surface area contributed by atoms with Gasteiger partial charge in [0.05, 0.1) is 13.2 Å². The first-order valence-corrected chi connectivity index (χ1v) is 13.8. The number of alkyl halides is 1. The van der Waals surface area contributed by atoms with Crippen molar-refractivity contribution < 1.29 is 23.8 Å². The largest absolute Gasteiger partial charge is 0.494 e. The minimum Gasteiger partial charge on any atom is -0.494 e. The second-order valence-electron chi connectivity index (χ2n) is 9.52. The number of unbranched alkanes of at least 4 members (excludes halogenated alkanes) is 8. The number of hydrogen-bond acceptors (Lipinski definition) is 5. The number of carbonyl (C=O) groups excluding carboxylic acids is 2. The number of hydrogen-bond donors (Lipinski definition) is 0. The van der Waals surface area contributed by atoms with Gasteiger partial charge in [0, 0.05) is 6.08 Å². The van der Waals surface area contributed by atoms with Crippen LogP contribution < -0.4 is 9.47 Å². The molecule has 0 fully saturated rings. The van der Waals surface area contributed by atoms with Gasteiger partial charge in [0.25, 0.3) is 0 Å². The molecule has 0 radical (unpaired) electrons. The second-order valence-corrected chi connectivity index (χ2v) is 9.99. The Labute approximate surface area is 227 Å². The third-order valence-electron chi connectivity index (χ3n) is 6.04. The smallest absolute Gasteiger partial charge is 0.330 e. The van der Waals surface area contributed by atoms with Gasteiger partial charge < -0.3 is 14.2 Å². The van der Waals surface area contributed by atoms with E-state index in [-0.39, 0.29) is 11.9 Å². The summed E-state index contributed by atoms with van der Waals surface area (Å²) in [7, 11) is 0. The van der Waals surface area contributed by atoms with Crippen LogP contribution in [0.5, 0.6) is 11.5 Å². The molecule has 5 nitrogen and oxygen atoms in total. The lowest BCUT2D eigenvalue weighted by Crippen LogP contribution is -2.25. The Bertz CT molecular complexity index is 937. The van der Waals surface area contributed by atoms with Crippen LogP contribution >= 0.6 is 11.6 Å². The standard InChI is InChI=1S/C31H41ClO5/c1-4-29(33)36-23-13-11-9-7-5-6-8-10-12-22-35-27-18-14-25(15-19-27)26-16-20-28(21-17-26)37-31(34)30(32)24(2)3/h4,14-21,24,30H,1,5-13,22-23H2,2-3H3/t30-/m0/s1. The van der Waals surface area contributed by atoms with Crippen LogP contribution in [-0.2, 0) is 14.3 Å². The van der Waals surface area contributed by atoms with Crippen molar-refractivity contribution in [1.29, 1.82) is 0 Å². The van der Waals surface area contributed by atoms with Crippen molar-refractivity contribution in [3.63, 3.8) is 0 Å². The van der Waals surface area contributed by atoms with E-state index in [1.807, 2.05) is 50.2 Å². The molecular formula is C31H41ClO5. The summed E-state index contributed by atoms with van der Waals surface area (Å²) in [6.07, 6.45) is 11.6. The van der Waals surface area contributed by atoms with E-state index in [2.05, 4.69) is 6.58 Å². The molecule has 0 saturated heterocycles. The molecule has 6 heteroatoms. The predicted octanol–water partition coefficient (Wildman–Crippen LogP) is 8.14. The Morgan fingerprint density at radius 3 is 1.70 bits per heavy atom. The summed E-state index contributed by atoms with van der Waals surface area (Å²) in [6.45, 7) is 8.37. The molecule has 0 aliphatic rings. The third kappa shape index (κ3) is 12.3. The Hall–Kier alpha value is -2.79. The van der Waals surface area contributed by atoms with E-state index >= 15 is 0 Å². The number of ether oxygens (including phenoxy) is 3. The number of esters is 2. The van der Waals surface area contributed by atoms with Gasteiger partial charge in [-0.2, -0.15) is 0 Å². The van der Waals surface area contributed by atoms with Gasteiger partial charge in [0.15, 0.2) is 0 Å². The van der Waals surface area contributed by atoms with Gasteiger partial charge in [0.1, 0.15) is 16.9 Å². The van der Waals surface area contributed by atoms with Crippen LogP contribution in [0, 0.1) is 5.92 Å². The molecule has 2 aromatic carbocycles. The van der Waals surface area contributed by atoms with Gasteiger partial charge in [-0.3, -0.25) is 4.79 Å². The fourth-order valence-electron chi connectivity index (χ4n) is 3.77. The van der Waals surface area contributed by atoms with Crippen molar-refractivity contribution in [3.8, 4) is 22.6 Å². The van der Waals surface area contributed by atoms with Crippen LogP contribution in [0.1, 0.15) is 71.6 Å². The molecule has 0 amide bonds. The molecule has 0 N–H and O–H groups in total. The van der Waals surface area contributed by atoms with E-state index < -0.39 is 11.3 Å². The van der Waals surface area contributed by atoms with Crippen molar-refractivity contribution in [2.75, 3.05) is 13.2 Å². The number of halogens is 1. The van der Waals surface area contributed by atoms with Gasteiger partial charge in [-0.05, 0) is 54.2 Å². The van der Waals surface area contributed by atoms with E-state index in [9.17, 15) is 9.59 Å². The lowest BCUT2D eigenvalue weighted by molar-refractivity contribution is -0.138. The molecule has 1 atom stereocenters. The highest BCUT2D eigenvalue weighted by Gasteiger charge is 2.21. The lowest BCUT2D eigenvalue weighted by atomic mass is 10.1. The van der Waals surface area contributed by atoms with Crippen LogP contribution in [0.25, 0.3) is 11.1 Å². The second kappa shape index (κ2) is 17.6. The van der Waals surface area contributed by atoms with Gasteiger partial charge in [-0.25, -0.2) is 4.79 Å². The summed E-state index contributed by atoms with van der Waals surface area (Å²) < 4.78 is 16.2. The van der Waals surface area contributed by atoms with Gasteiger partial charge in [-0.15, -0.1) is 11.6 Å². The molecule has 2 aromatic rings. The lowest BCUT2D eigenvalue weighted by Gasteiger charge is -2.12. The summed E-state index contributed by atoms with van der Waals surface area (Å²) in [6, 6.07) is 15.5. The van der Waals surface area contributed by atoms with Crippen molar-refractivity contribution in [1.82, 2.24) is 0 Å². The molecular weight excluding hydrogens is 488 g/mol. The quantitative estimate of drug-likeness (QED) is 0.0642. The first-order valence-electron chi connectivity index (χ1n) is 13.4. The Balaban J connectivity index is 1.55. The Morgan fingerprint density at radius 2 is 1.22 bits per heavy atom. The molecule has 0 spiro atoms. The maximum absolute atomic E-state index is 12.0. The van der Waals surface area contributed by atoms with Crippen molar-refractivity contribution >= 4 is 23.5 Å². The van der Waals surface area contributed by atoms with Crippen LogP contribution in [-0.4, -0.2) is 30.5 Å². The van der Waals surface area contributed by atoms with E-state index in [1.54, 1.807) is 12.1 Å². The van der Waals surface area contributed by atoms with Crippen LogP contribution in [0.2, 0.25) is 0 Å². The maximum atomic E-state index is 12.0. The molecule has 0 heterocycles. The number of rotatable bonds is 18.